The highest BCUT2D eigenvalue weighted by Crippen LogP contribution is 2.28. The minimum Gasteiger partial charge on any atom is -0.423 e. The summed E-state index contributed by atoms with van der Waals surface area (Å²) in [5.74, 6) is 0.530. The number of aryl methyl sites for hydroxylation is 1. The molecule has 0 bridgehead atoms. The van der Waals surface area contributed by atoms with E-state index < -0.39 is 13.0 Å². The molecule has 2 heterocycles. The second-order valence-electron chi connectivity index (χ2n) is 7.24. The van der Waals surface area contributed by atoms with E-state index in [0.717, 1.165) is 16.8 Å². The Bertz CT molecular complexity index is 1290. The highest BCUT2D eigenvalue weighted by molar-refractivity contribution is 6.58. The number of anilines is 1. The number of primary amides is 1. The largest absolute Gasteiger partial charge is 0.488 e. The Morgan fingerprint density at radius 2 is 1.94 bits per heavy atom. The van der Waals surface area contributed by atoms with Gasteiger partial charge in [0.05, 0.1) is 5.56 Å². The van der Waals surface area contributed by atoms with E-state index in [0.29, 0.717) is 45.8 Å². The summed E-state index contributed by atoms with van der Waals surface area (Å²) >= 11 is 0. The van der Waals surface area contributed by atoms with E-state index in [1.54, 1.807) is 30.3 Å². The molecule has 2 aromatic heterocycles. The SMILES string of the molecule is Cc1nc(-c2[nH]nc3c(C(N)=O)cccc23)nc(NCc2cccc(B(O)O)c2)c1C. The summed E-state index contributed by atoms with van der Waals surface area (Å²) in [5.41, 5.74) is 9.83. The lowest BCUT2D eigenvalue weighted by Gasteiger charge is -2.13. The van der Waals surface area contributed by atoms with Crippen molar-refractivity contribution in [1.29, 1.82) is 0 Å². The smallest absolute Gasteiger partial charge is 0.423 e. The first-order valence-corrected chi connectivity index (χ1v) is 9.66. The molecule has 0 atom stereocenters. The van der Waals surface area contributed by atoms with E-state index in [1.807, 2.05) is 26.0 Å². The molecule has 0 aliphatic heterocycles. The number of amides is 1. The third kappa shape index (κ3) is 3.98. The highest BCUT2D eigenvalue weighted by atomic mass is 16.4. The fraction of sp³-hybridized carbons (Fsp3) is 0.143. The lowest BCUT2D eigenvalue weighted by molar-refractivity contribution is 0.100. The van der Waals surface area contributed by atoms with E-state index in [-0.39, 0.29) is 0 Å². The van der Waals surface area contributed by atoms with E-state index in [1.165, 1.54) is 0 Å². The number of hydrogen-bond donors (Lipinski definition) is 5. The van der Waals surface area contributed by atoms with Crippen molar-refractivity contribution in [2.45, 2.75) is 20.4 Å². The van der Waals surface area contributed by atoms with Crippen molar-refractivity contribution in [3.8, 4) is 11.5 Å². The maximum Gasteiger partial charge on any atom is 0.488 e. The first-order valence-electron chi connectivity index (χ1n) is 9.66. The number of H-pyrrole nitrogens is 1. The molecule has 0 aliphatic carbocycles. The molecule has 6 N–H and O–H groups in total. The van der Waals surface area contributed by atoms with Gasteiger partial charge in [-0.3, -0.25) is 9.89 Å². The summed E-state index contributed by atoms with van der Waals surface area (Å²) in [6.45, 7) is 4.25. The van der Waals surface area contributed by atoms with Crippen LogP contribution >= 0.6 is 0 Å². The van der Waals surface area contributed by atoms with Gasteiger partial charge < -0.3 is 21.1 Å². The zero-order chi connectivity index (χ0) is 22.1. The number of rotatable bonds is 6. The molecule has 2 aromatic carbocycles. The summed E-state index contributed by atoms with van der Waals surface area (Å²) in [5, 5.41) is 29.9. The van der Waals surface area contributed by atoms with Gasteiger partial charge >= 0.3 is 7.12 Å². The van der Waals surface area contributed by atoms with Crippen molar-refractivity contribution in [3.63, 3.8) is 0 Å². The first-order chi connectivity index (χ1) is 14.8. The fourth-order valence-corrected chi connectivity index (χ4v) is 3.37. The molecule has 156 valence electrons. The summed E-state index contributed by atoms with van der Waals surface area (Å²) in [7, 11) is -1.52. The second-order valence-corrected chi connectivity index (χ2v) is 7.24. The lowest BCUT2D eigenvalue weighted by atomic mass is 9.80. The normalized spacial score (nSPS) is 11.0. The van der Waals surface area contributed by atoms with Crippen LogP contribution in [-0.4, -0.2) is 43.2 Å². The Morgan fingerprint density at radius 3 is 2.68 bits per heavy atom. The van der Waals surface area contributed by atoms with Gasteiger partial charge in [-0.25, -0.2) is 9.97 Å². The molecular formula is C21H21BN6O3. The standard InChI is InChI=1S/C21H21BN6O3/c1-11-12(2)25-21(18-15-7-4-8-16(19(23)29)17(15)27-28-18)26-20(11)24-10-13-5-3-6-14(9-13)22(30)31/h3-9,30-31H,10H2,1-2H3,(H2,23,29)(H,27,28)(H,24,25,26). The third-order valence-electron chi connectivity index (χ3n) is 5.17. The van der Waals surface area contributed by atoms with Gasteiger partial charge in [0, 0.05) is 23.2 Å². The van der Waals surface area contributed by atoms with Crippen molar-refractivity contribution in [1.82, 2.24) is 20.2 Å². The van der Waals surface area contributed by atoms with Gasteiger partial charge in [-0.1, -0.05) is 36.4 Å². The predicted octanol–water partition coefficient (Wildman–Crippen LogP) is 1.03. The number of fused-ring (bicyclic) bond motifs is 1. The Morgan fingerprint density at radius 1 is 1.16 bits per heavy atom. The van der Waals surface area contributed by atoms with Gasteiger partial charge in [0.2, 0.25) is 0 Å². The molecule has 10 heteroatoms. The van der Waals surface area contributed by atoms with Crippen LogP contribution in [0.25, 0.3) is 22.4 Å². The molecule has 0 spiro atoms. The van der Waals surface area contributed by atoms with Crippen molar-refractivity contribution in [2.24, 2.45) is 5.73 Å². The lowest BCUT2D eigenvalue weighted by Crippen LogP contribution is -2.30. The maximum absolute atomic E-state index is 11.7. The number of aromatic amines is 1. The number of nitrogens with two attached hydrogens (primary N) is 1. The molecule has 0 radical (unpaired) electrons. The molecule has 0 aliphatic rings. The molecule has 9 nitrogen and oxygen atoms in total. The summed E-state index contributed by atoms with van der Waals surface area (Å²) in [4.78, 5) is 20.9. The Kier molecular flexibility index (Phi) is 5.41. The highest BCUT2D eigenvalue weighted by Gasteiger charge is 2.18. The number of aromatic nitrogens is 4. The Labute approximate surface area is 178 Å². The van der Waals surface area contributed by atoms with E-state index >= 15 is 0 Å². The average Bonchev–Trinajstić information content (AvgIpc) is 3.19. The van der Waals surface area contributed by atoms with Crippen LogP contribution < -0.4 is 16.5 Å². The summed E-state index contributed by atoms with van der Waals surface area (Å²) in [6.07, 6.45) is 0. The Hall–Kier alpha value is -3.76. The minimum atomic E-state index is -1.52. The monoisotopic (exact) mass is 416 g/mol. The average molecular weight is 416 g/mol. The molecule has 0 saturated carbocycles. The number of carbonyl (C=O) groups excluding carboxylic acids is 1. The van der Waals surface area contributed by atoms with Crippen molar-refractivity contribution >= 4 is 35.2 Å². The molecule has 31 heavy (non-hydrogen) atoms. The first kappa shape index (κ1) is 20.5. The summed E-state index contributed by atoms with van der Waals surface area (Å²) in [6, 6.07) is 12.2. The fourth-order valence-electron chi connectivity index (χ4n) is 3.37. The number of benzene rings is 2. The molecule has 0 unspecified atom stereocenters. The number of nitrogens with zero attached hydrogens (tertiary/aromatic N) is 3. The van der Waals surface area contributed by atoms with Gasteiger partial charge in [-0.2, -0.15) is 5.10 Å². The predicted molar refractivity (Wildman–Crippen MR) is 119 cm³/mol. The summed E-state index contributed by atoms with van der Waals surface area (Å²) < 4.78 is 0. The van der Waals surface area contributed by atoms with Crippen LogP contribution in [0.15, 0.2) is 42.5 Å². The van der Waals surface area contributed by atoms with E-state index in [2.05, 4.69) is 25.5 Å². The molecule has 1 amide bonds. The molecule has 4 aromatic rings. The van der Waals surface area contributed by atoms with Crippen LogP contribution in [0.4, 0.5) is 5.82 Å². The van der Waals surface area contributed by atoms with Gasteiger partial charge in [-0.15, -0.1) is 0 Å². The van der Waals surface area contributed by atoms with E-state index in [4.69, 9.17) is 5.73 Å². The van der Waals surface area contributed by atoms with E-state index in [9.17, 15) is 14.8 Å². The zero-order valence-corrected chi connectivity index (χ0v) is 17.0. The van der Waals surface area contributed by atoms with Crippen LogP contribution in [0.2, 0.25) is 0 Å². The topological polar surface area (TPSA) is 150 Å². The van der Waals surface area contributed by atoms with Gasteiger partial charge in [-0.05, 0) is 30.9 Å². The van der Waals surface area contributed by atoms with Crippen LogP contribution in [0.5, 0.6) is 0 Å². The second kappa shape index (κ2) is 8.17. The molecule has 0 fully saturated rings. The third-order valence-corrected chi connectivity index (χ3v) is 5.17. The number of hydrogen-bond acceptors (Lipinski definition) is 7. The number of para-hydroxylation sites is 1. The van der Waals surface area contributed by atoms with Crippen molar-refractivity contribution in [2.75, 3.05) is 5.32 Å². The maximum atomic E-state index is 11.7. The number of nitrogens with one attached hydrogen (secondary N) is 2. The van der Waals surface area contributed by atoms with Crippen LogP contribution in [0.3, 0.4) is 0 Å². The van der Waals surface area contributed by atoms with Gasteiger partial charge in [0.25, 0.3) is 5.91 Å². The van der Waals surface area contributed by atoms with Crippen LogP contribution in [-0.2, 0) is 6.54 Å². The van der Waals surface area contributed by atoms with Crippen LogP contribution in [0, 0.1) is 13.8 Å². The molecular weight excluding hydrogens is 395 g/mol. The molecule has 0 saturated heterocycles. The van der Waals surface area contributed by atoms with Crippen molar-refractivity contribution < 1.29 is 14.8 Å². The van der Waals surface area contributed by atoms with Gasteiger partial charge in [0.1, 0.15) is 17.0 Å². The Balaban J connectivity index is 1.69. The van der Waals surface area contributed by atoms with Crippen molar-refractivity contribution in [3.05, 3.63) is 64.8 Å². The van der Waals surface area contributed by atoms with Crippen LogP contribution in [0.1, 0.15) is 27.2 Å². The minimum absolute atomic E-state index is 0.327. The zero-order valence-electron chi connectivity index (χ0n) is 17.0. The quantitative estimate of drug-likeness (QED) is 0.295. The molecule has 4 rings (SSSR count). The van der Waals surface area contributed by atoms with Gasteiger partial charge in [0.15, 0.2) is 5.82 Å². The number of carbonyl (C=O) groups is 1.